The van der Waals surface area contributed by atoms with Crippen LogP contribution in [0.4, 0.5) is 29.3 Å². The summed E-state index contributed by atoms with van der Waals surface area (Å²) in [6.07, 6.45) is -0.585. The number of halogens is 4. The van der Waals surface area contributed by atoms with Crippen molar-refractivity contribution in [3.8, 4) is 17.2 Å². The quantitative estimate of drug-likeness (QED) is 0.0795. The number of nitrogens with one attached hydrogen (secondary N) is 4. The second-order valence-corrected chi connectivity index (χ2v) is 12.0. The molecule has 5 amide bonds. The number of ether oxygens (including phenoxy) is 2. The number of hydrogen-bond acceptors (Lipinski definition) is 8. The predicted molar refractivity (Wildman–Crippen MR) is 184 cm³/mol. The summed E-state index contributed by atoms with van der Waals surface area (Å²) in [7, 11) is 0. The van der Waals surface area contributed by atoms with E-state index in [4.69, 9.17) is 25.5 Å². The summed E-state index contributed by atoms with van der Waals surface area (Å²) in [5, 5.41) is 10.3. The number of pyridine rings is 1. The van der Waals surface area contributed by atoms with E-state index in [1.807, 2.05) is 0 Å². The van der Waals surface area contributed by atoms with Crippen molar-refractivity contribution in [3.05, 3.63) is 107 Å². The number of benzene rings is 3. The summed E-state index contributed by atoms with van der Waals surface area (Å²) in [5.41, 5.74) is 0.589. The van der Waals surface area contributed by atoms with Gasteiger partial charge in [-0.25, -0.2) is 4.79 Å². The van der Waals surface area contributed by atoms with Crippen LogP contribution in [-0.2, 0) is 15.8 Å². The number of urea groups is 1. The van der Waals surface area contributed by atoms with E-state index in [9.17, 15) is 32.3 Å². The Balaban J connectivity index is 0.954. The molecule has 5 aromatic rings. The van der Waals surface area contributed by atoms with E-state index < -0.39 is 34.6 Å². The molecular weight excluding hydrogens is 707 g/mol. The van der Waals surface area contributed by atoms with Crippen LogP contribution in [-0.4, -0.2) is 41.9 Å². The Morgan fingerprint density at radius 3 is 2.46 bits per heavy atom. The first kappa shape index (κ1) is 35.7. The average Bonchev–Trinajstić information content (AvgIpc) is 3.52. The lowest BCUT2D eigenvalue weighted by Crippen LogP contribution is -2.39. The lowest BCUT2D eigenvalue weighted by atomic mass is 9.90. The molecule has 2 aromatic heterocycles. The highest BCUT2D eigenvalue weighted by Crippen LogP contribution is 2.37. The van der Waals surface area contributed by atoms with E-state index in [0.29, 0.717) is 60.1 Å². The fourth-order valence-corrected chi connectivity index (χ4v) is 5.61. The number of aromatic nitrogens is 1. The molecule has 0 radical (unpaired) electrons. The number of rotatable bonds is 11. The van der Waals surface area contributed by atoms with E-state index >= 15 is 0 Å². The highest BCUT2D eigenvalue weighted by molar-refractivity contribution is 6.31. The van der Waals surface area contributed by atoms with Gasteiger partial charge in [0.1, 0.15) is 28.5 Å². The monoisotopic (exact) mass is 735 g/mol. The van der Waals surface area contributed by atoms with E-state index in [0.717, 1.165) is 17.5 Å². The van der Waals surface area contributed by atoms with Crippen LogP contribution in [0, 0.1) is 0 Å². The number of anilines is 2. The molecule has 3 aromatic carbocycles. The molecule has 0 aliphatic carbocycles. The summed E-state index contributed by atoms with van der Waals surface area (Å²) in [5.74, 6) is -0.282. The molecule has 0 bridgehead atoms. The van der Waals surface area contributed by atoms with Crippen molar-refractivity contribution in [2.24, 2.45) is 0 Å². The summed E-state index contributed by atoms with van der Waals surface area (Å²) in [4.78, 5) is 53.1. The number of alkyl halides is 3. The Bertz CT molecular complexity index is 2140. The molecule has 6 rings (SSSR count). The second-order valence-electron chi connectivity index (χ2n) is 11.6. The van der Waals surface area contributed by atoms with Gasteiger partial charge < -0.3 is 29.8 Å². The molecule has 4 N–H and O–H groups in total. The van der Waals surface area contributed by atoms with Gasteiger partial charge in [-0.2, -0.15) is 13.2 Å². The maximum atomic E-state index is 13.1. The van der Waals surface area contributed by atoms with Gasteiger partial charge in [0.2, 0.25) is 11.8 Å². The van der Waals surface area contributed by atoms with Crippen LogP contribution in [0.1, 0.15) is 46.8 Å². The summed E-state index contributed by atoms with van der Waals surface area (Å²) < 4.78 is 56.6. The highest BCUT2D eigenvalue weighted by atomic mass is 35.5. The Hall–Kier alpha value is -6.09. The fraction of sp³-hybridized carbons (Fsp3) is 0.194. The molecule has 1 aliphatic heterocycles. The molecule has 1 saturated heterocycles. The molecule has 0 spiro atoms. The number of carbonyl (C=O) groups excluding carboxylic acids is 4. The predicted octanol–water partition coefficient (Wildman–Crippen LogP) is 7.66. The molecule has 268 valence electrons. The summed E-state index contributed by atoms with van der Waals surface area (Å²) in [6, 6.07) is 16.7. The number of fused-ring (bicyclic) bond motifs is 1. The van der Waals surface area contributed by atoms with Gasteiger partial charge in [0.15, 0.2) is 0 Å². The van der Waals surface area contributed by atoms with Crippen molar-refractivity contribution in [2.45, 2.75) is 31.4 Å². The summed E-state index contributed by atoms with van der Waals surface area (Å²) in [6.45, 7) is 0.589. The topological polar surface area (TPSA) is 161 Å². The molecule has 1 atom stereocenters. The average molecular weight is 736 g/mol. The van der Waals surface area contributed by atoms with E-state index in [-0.39, 0.29) is 29.6 Å². The van der Waals surface area contributed by atoms with Crippen molar-refractivity contribution in [2.75, 3.05) is 23.8 Å². The second kappa shape index (κ2) is 15.4. The third-order valence-corrected chi connectivity index (χ3v) is 8.24. The Labute approximate surface area is 298 Å². The van der Waals surface area contributed by atoms with Gasteiger partial charge in [-0.15, -0.1) is 0 Å². The normalized spacial score (nSPS) is 14.4. The summed E-state index contributed by atoms with van der Waals surface area (Å²) >= 11 is 5.62. The third kappa shape index (κ3) is 8.79. The van der Waals surface area contributed by atoms with Gasteiger partial charge in [0, 0.05) is 47.6 Å². The van der Waals surface area contributed by atoms with Crippen LogP contribution >= 0.6 is 11.6 Å². The zero-order valence-corrected chi connectivity index (χ0v) is 27.8. The lowest BCUT2D eigenvalue weighted by molar-refractivity contribution is -0.137. The van der Waals surface area contributed by atoms with Crippen LogP contribution in [0.3, 0.4) is 0 Å². The number of piperidine rings is 1. The number of furan rings is 1. The van der Waals surface area contributed by atoms with Crippen molar-refractivity contribution in [1.29, 1.82) is 0 Å². The van der Waals surface area contributed by atoms with Crippen molar-refractivity contribution in [3.63, 3.8) is 0 Å². The first-order valence-electron chi connectivity index (χ1n) is 15.9. The maximum Gasteiger partial charge on any atom is 0.417 e. The molecule has 0 saturated carbocycles. The van der Waals surface area contributed by atoms with Gasteiger partial charge >= 0.3 is 12.2 Å². The molecule has 1 fully saturated rings. The smallest absolute Gasteiger partial charge is 0.417 e. The number of carbonyl (C=O) groups is 4. The fourth-order valence-electron chi connectivity index (χ4n) is 5.39. The Kier molecular flexibility index (Phi) is 10.6. The first-order chi connectivity index (χ1) is 24.9. The van der Waals surface area contributed by atoms with Crippen molar-refractivity contribution in [1.82, 2.24) is 15.6 Å². The maximum absolute atomic E-state index is 13.1. The zero-order valence-electron chi connectivity index (χ0n) is 27.0. The van der Waals surface area contributed by atoms with Gasteiger partial charge in [0.25, 0.3) is 5.91 Å². The van der Waals surface area contributed by atoms with Crippen molar-refractivity contribution < 1.29 is 46.2 Å². The van der Waals surface area contributed by atoms with Crippen LogP contribution in [0.5, 0.6) is 17.2 Å². The molecule has 12 nitrogen and oxygen atoms in total. The molecule has 16 heteroatoms. The number of imide groups is 1. The van der Waals surface area contributed by atoms with Crippen LogP contribution in [0.2, 0.25) is 5.02 Å². The van der Waals surface area contributed by atoms with Gasteiger partial charge in [-0.05, 0) is 79.6 Å². The van der Waals surface area contributed by atoms with E-state index in [1.54, 1.807) is 36.4 Å². The highest BCUT2D eigenvalue weighted by Gasteiger charge is 2.33. The zero-order chi connectivity index (χ0) is 36.8. The van der Waals surface area contributed by atoms with E-state index in [2.05, 4.69) is 26.3 Å². The molecular formula is C36H29ClF3N5O7. The largest absolute Gasteiger partial charge is 0.494 e. The minimum absolute atomic E-state index is 0.0907. The number of hydrogen-bond donors (Lipinski definition) is 4. The SMILES string of the molecule is O=C1CCC(c2coc3ccc(OCCCNC(=O)c4cc(Oc5ccc(NC(=O)Nc6ccc(Cl)c(C(F)(F)F)c6)cc5)ccn4)cc23)C(=O)N1. The molecule has 1 unspecified atom stereocenters. The minimum atomic E-state index is -4.68. The Morgan fingerprint density at radius 1 is 0.942 bits per heavy atom. The molecule has 1 aliphatic rings. The van der Waals surface area contributed by atoms with Crippen LogP contribution < -0.4 is 30.7 Å². The van der Waals surface area contributed by atoms with Gasteiger partial charge in [-0.1, -0.05) is 11.6 Å². The number of nitrogens with zero attached hydrogens (tertiary/aromatic N) is 1. The van der Waals surface area contributed by atoms with Gasteiger partial charge in [-0.3, -0.25) is 24.7 Å². The Morgan fingerprint density at radius 2 is 1.69 bits per heavy atom. The van der Waals surface area contributed by atoms with E-state index in [1.165, 1.54) is 36.7 Å². The van der Waals surface area contributed by atoms with Crippen molar-refractivity contribution >= 4 is 57.7 Å². The van der Waals surface area contributed by atoms with Crippen LogP contribution in [0.25, 0.3) is 11.0 Å². The minimum Gasteiger partial charge on any atom is -0.494 e. The van der Waals surface area contributed by atoms with Gasteiger partial charge in [0.05, 0.1) is 29.4 Å². The lowest BCUT2D eigenvalue weighted by Gasteiger charge is -2.19. The third-order valence-electron chi connectivity index (χ3n) is 7.91. The standard InChI is InChI=1S/C36H29ClF3N5O7/c37-29-9-4-21(16-28(29)36(38,39)40)44-35(49)43-20-2-5-22(6-3-20)52-24-12-14-41-30(18-24)34(48)42-13-1-15-50-23-7-10-31-26(17-23)27(19-51-31)25-8-11-32(46)45-33(25)47/h2-7,9-10,12,14,16-19,25H,1,8,11,13,15H2,(H,42,48)(H2,43,44,49)(H,45,46,47). The molecule has 52 heavy (non-hydrogen) atoms. The number of amides is 5. The first-order valence-corrected chi connectivity index (χ1v) is 16.3. The molecule has 3 heterocycles. The van der Waals surface area contributed by atoms with Crippen LogP contribution in [0.15, 0.2) is 89.7 Å².